The summed E-state index contributed by atoms with van der Waals surface area (Å²) in [5.74, 6) is 1.71. The molecule has 0 saturated carbocycles. The highest BCUT2D eigenvalue weighted by molar-refractivity contribution is 14.0. The molecule has 1 aliphatic heterocycles. The molecule has 0 radical (unpaired) electrons. The normalized spacial score (nSPS) is 19.4. The van der Waals surface area contributed by atoms with Crippen LogP contribution in [0.3, 0.4) is 0 Å². The topological polar surface area (TPSA) is 58.1 Å². The molecule has 1 aliphatic rings. The van der Waals surface area contributed by atoms with Crippen LogP contribution in [0.15, 0.2) is 29.3 Å². The van der Waals surface area contributed by atoms with E-state index in [2.05, 4.69) is 36.3 Å². The third-order valence-corrected chi connectivity index (χ3v) is 4.49. The molecule has 2 atom stereocenters. The van der Waals surface area contributed by atoms with Crippen LogP contribution in [0.25, 0.3) is 0 Å². The predicted molar refractivity (Wildman–Crippen MR) is 118 cm³/mol. The van der Waals surface area contributed by atoms with Crippen molar-refractivity contribution in [1.82, 2.24) is 15.5 Å². The number of hydrogen-bond acceptors (Lipinski definition) is 4. The molecular formula is C19H33IN4O2. The summed E-state index contributed by atoms with van der Waals surface area (Å²) in [7, 11) is 1.69. The van der Waals surface area contributed by atoms with Gasteiger partial charge in [0.2, 0.25) is 0 Å². The largest absolute Gasteiger partial charge is 0.496 e. The predicted octanol–water partition coefficient (Wildman–Crippen LogP) is 2.48. The van der Waals surface area contributed by atoms with Gasteiger partial charge in [0.1, 0.15) is 5.75 Å². The second-order valence-corrected chi connectivity index (χ2v) is 6.40. The molecule has 1 heterocycles. The summed E-state index contributed by atoms with van der Waals surface area (Å²) >= 11 is 0. The monoisotopic (exact) mass is 476 g/mol. The highest BCUT2D eigenvalue weighted by atomic mass is 127. The molecule has 0 aromatic heterocycles. The highest BCUT2D eigenvalue weighted by Gasteiger charge is 2.23. The number of methoxy groups -OCH3 is 1. The van der Waals surface area contributed by atoms with Gasteiger partial charge in [-0.05, 0) is 26.8 Å². The van der Waals surface area contributed by atoms with Crippen LogP contribution in [0.2, 0.25) is 0 Å². The molecule has 2 unspecified atom stereocenters. The fourth-order valence-electron chi connectivity index (χ4n) is 3.10. The maximum absolute atomic E-state index is 5.53. The number of rotatable bonds is 7. The van der Waals surface area contributed by atoms with Crippen LogP contribution in [0.1, 0.15) is 26.3 Å². The maximum atomic E-state index is 5.53. The van der Waals surface area contributed by atoms with Crippen LogP contribution < -0.4 is 15.4 Å². The molecule has 1 fully saturated rings. The Morgan fingerprint density at radius 2 is 2.15 bits per heavy atom. The maximum Gasteiger partial charge on any atom is 0.191 e. The SMILES string of the molecule is CCNC(=NCc1ccccc1OC)NCC(C)N1CCOCC1C.I. The fraction of sp³-hybridized carbons (Fsp3) is 0.632. The Kier molecular flexibility index (Phi) is 10.9. The van der Waals surface area contributed by atoms with Crippen molar-refractivity contribution in [2.24, 2.45) is 4.99 Å². The van der Waals surface area contributed by atoms with Gasteiger partial charge in [0.15, 0.2) is 5.96 Å². The number of guanidine groups is 1. The molecule has 2 rings (SSSR count). The van der Waals surface area contributed by atoms with E-state index in [1.807, 2.05) is 24.3 Å². The Morgan fingerprint density at radius 3 is 2.85 bits per heavy atom. The molecule has 0 bridgehead atoms. The smallest absolute Gasteiger partial charge is 0.191 e. The van der Waals surface area contributed by atoms with E-state index in [9.17, 15) is 0 Å². The number of ether oxygens (including phenoxy) is 2. The molecule has 0 aliphatic carbocycles. The number of halogens is 1. The second kappa shape index (κ2) is 12.3. The van der Waals surface area contributed by atoms with Crippen molar-refractivity contribution >= 4 is 29.9 Å². The van der Waals surface area contributed by atoms with E-state index in [0.29, 0.717) is 18.6 Å². The Bertz CT molecular complexity index is 556. The molecule has 2 N–H and O–H groups in total. The molecule has 148 valence electrons. The summed E-state index contributed by atoms with van der Waals surface area (Å²) in [6.07, 6.45) is 0. The molecule has 26 heavy (non-hydrogen) atoms. The zero-order valence-electron chi connectivity index (χ0n) is 16.3. The summed E-state index contributed by atoms with van der Waals surface area (Å²) in [6.45, 7) is 11.4. The van der Waals surface area contributed by atoms with Gasteiger partial charge in [-0.2, -0.15) is 0 Å². The van der Waals surface area contributed by atoms with Crippen molar-refractivity contribution < 1.29 is 9.47 Å². The lowest BCUT2D eigenvalue weighted by Crippen LogP contribution is -2.53. The van der Waals surface area contributed by atoms with E-state index >= 15 is 0 Å². The van der Waals surface area contributed by atoms with E-state index in [4.69, 9.17) is 14.5 Å². The lowest BCUT2D eigenvalue weighted by molar-refractivity contribution is -0.0174. The number of aliphatic imine (C=N–C) groups is 1. The van der Waals surface area contributed by atoms with Gasteiger partial charge in [0.05, 0.1) is 26.9 Å². The van der Waals surface area contributed by atoms with Gasteiger partial charge in [-0.25, -0.2) is 4.99 Å². The van der Waals surface area contributed by atoms with Crippen molar-refractivity contribution in [1.29, 1.82) is 0 Å². The van der Waals surface area contributed by atoms with Crippen LogP contribution in [-0.4, -0.2) is 62.9 Å². The van der Waals surface area contributed by atoms with E-state index in [-0.39, 0.29) is 24.0 Å². The van der Waals surface area contributed by atoms with Gasteiger partial charge >= 0.3 is 0 Å². The third kappa shape index (κ3) is 6.92. The van der Waals surface area contributed by atoms with Crippen molar-refractivity contribution in [2.75, 3.05) is 40.0 Å². The number of nitrogens with one attached hydrogen (secondary N) is 2. The third-order valence-electron chi connectivity index (χ3n) is 4.49. The quantitative estimate of drug-likeness (QED) is 0.360. The number of benzene rings is 1. The lowest BCUT2D eigenvalue weighted by atomic mass is 10.2. The summed E-state index contributed by atoms with van der Waals surface area (Å²) in [5.41, 5.74) is 1.08. The number of para-hydroxylation sites is 1. The van der Waals surface area contributed by atoms with Crippen molar-refractivity contribution in [2.45, 2.75) is 39.4 Å². The summed E-state index contributed by atoms with van der Waals surface area (Å²) in [5, 5.41) is 6.78. The molecule has 1 aromatic carbocycles. The van der Waals surface area contributed by atoms with Gasteiger partial charge in [-0.15, -0.1) is 24.0 Å². The molecule has 0 spiro atoms. The second-order valence-electron chi connectivity index (χ2n) is 6.40. The number of morpholine rings is 1. The molecule has 6 nitrogen and oxygen atoms in total. The van der Waals surface area contributed by atoms with Crippen LogP contribution >= 0.6 is 24.0 Å². The van der Waals surface area contributed by atoms with Gasteiger partial charge in [0, 0.05) is 37.3 Å². The first-order valence-electron chi connectivity index (χ1n) is 9.13. The van der Waals surface area contributed by atoms with Gasteiger partial charge < -0.3 is 20.1 Å². The summed E-state index contributed by atoms with van der Waals surface area (Å²) in [6, 6.07) is 8.88. The summed E-state index contributed by atoms with van der Waals surface area (Å²) < 4.78 is 10.9. The van der Waals surface area contributed by atoms with Gasteiger partial charge in [-0.1, -0.05) is 18.2 Å². The van der Waals surface area contributed by atoms with Crippen LogP contribution in [0.5, 0.6) is 5.75 Å². The van der Waals surface area contributed by atoms with E-state index in [1.54, 1.807) is 7.11 Å². The van der Waals surface area contributed by atoms with Crippen LogP contribution in [0, 0.1) is 0 Å². The first-order valence-corrected chi connectivity index (χ1v) is 9.13. The Labute approximate surface area is 174 Å². The van der Waals surface area contributed by atoms with Crippen molar-refractivity contribution in [3.63, 3.8) is 0 Å². The molecular weight excluding hydrogens is 443 g/mol. The fourth-order valence-corrected chi connectivity index (χ4v) is 3.10. The van der Waals surface area contributed by atoms with Crippen molar-refractivity contribution in [3.05, 3.63) is 29.8 Å². The zero-order valence-corrected chi connectivity index (χ0v) is 18.7. The van der Waals surface area contributed by atoms with Gasteiger partial charge in [-0.3, -0.25) is 4.90 Å². The highest BCUT2D eigenvalue weighted by Crippen LogP contribution is 2.17. The Morgan fingerprint density at radius 1 is 1.38 bits per heavy atom. The molecule has 0 amide bonds. The van der Waals surface area contributed by atoms with Crippen LogP contribution in [0.4, 0.5) is 0 Å². The first kappa shape index (κ1) is 23.0. The van der Waals surface area contributed by atoms with Gasteiger partial charge in [0.25, 0.3) is 0 Å². The van der Waals surface area contributed by atoms with E-state index in [1.165, 1.54) is 0 Å². The Hall–Kier alpha value is -1.06. The van der Waals surface area contributed by atoms with E-state index in [0.717, 1.165) is 50.1 Å². The molecule has 7 heteroatoms. The standard InChI is InChI=1S/C19H32N4O2.HI/c1-5-20-19(22-13-17-8-6-7-9-18(17)24-4)21-12-15(2)23-10-11-25-14-16(23)3;/h6-9,15-16H,5,10-14H2,1-4H3,(H2,20,21,22);1H. The number of nitrogens with zero attached hydrogens (tertiary/aromatic N) is 2. The average Bonchev–Trinajstić information content (AvgIpc) is 2.64. The van der Waals surface area contributed by atoms with E-state index < -0.39 is 0 Å². The molecule has 1 saturated heterocycles. The van der Waals surface area contributed by atoms with Crippen molar-refractivity contribution in [3.8, 4) is 5.75 Å². The lowest BCUT2D eigenvalue weighted by Gasteiger charge is -2.38. The summed E-state index contributed by atoms with van der Waals surface area (Å²) in [4.78, 5) is 7.19. The minimum absolute atomic E-state index is 0. The molecule has 1 aromatic rings. The minimum Gasteiger partial charge on any atom is -0.496 e. The van der Waals surface area contributed by atoms with Crippen LogP contribution in [-0.2, 0) is 11.3 Å². The zero-order chi connectivity index (χ0) is 18.1. The Balaban J connectivity index is 0.00000338. The first-order chi connectivity index (χ1) is 12.2. The average molecular weight is 476 g/mol. The number of hydrogen-bond donors (Lipinski definition) is 2. The minimum atomic E-state index is 0.